The van der Waals surface area contributed by atoms with Gasteiger partial charge in [-0.25, -0.2) is 9.50 Å². The molecule has 5 rings (SSSR count). The van der Waals surface area contributed by atoms with Crippen LogP contribution in [0.4, 0.5) is 5.82 Å². The number of fused-ring (bicyclic) bond motifs is 1. The fraction of sp³-hybridized carbons (Fsp3) is 0.375. The summed E-state index contributed by atoms with van der Waals surface area (Å²) < 4.78 is 1.83. The van der Waals surface area contributed by atoms with Crippen molar-refractivity contribution >= 4 is 17.4 Å². The number of hydrogen-bond acceptors (Lipinski definition) is 5. The lowest BCUT2D eigenvalue weighted by Crippen LogP contribution is -2.39. The first-order valence-electron chi connectivity index (χ1n) is 11.0. The van der Waals surface area contributed by atoms with Crippen molar-refractivity contribution in [3.8, 4) is 0 Å². The van der Waals surface area contributed by atoms with Crippen LogP contribution >= 0.6 is 0 Å². The fourth-order valence-electron chi connectivity index (χ4n) is 4.64. The van der Waals surface area contributed by atoms with Gasteiger partial charge in [-0.2, -0.15) is 5.10 Å². The highest BCUT2D eigenvalue weighted by atomic mass is 16.2. The van der Waals surface area contributed by atoms with Crippen LogP contribution in [0, 0.1) is 13.8 Å². The smallest absolute Gasteiger partial charge is 0.254 e. The Hall–Kier alpha value is -3.19. The molecular weight excluding hydrogens is 388 g/mol. The van der Waals surface area contributed by atoms with Crippen LogP contribution in [0.3, 0.4) is 0 Å². The van der Waals surface area contributed by atoms with Crippen LogP contribution in [-0.2, 0) is 0 Å². The van der Waals surface area contributed by atoms with E-state index in [2.05, 4.69) is 4.90 Å². The highest BCUT2D eigenvalue weighted by molar-refractivity contribution is 5.96. The number of carbonyl (C=O) groups excluding carboxylic acids is 1. The number of piperidine rings is 1. The number of nitrogens with two attached hydrogens (primary N) is 1. The molecule has 1 aromatic carbocycles. The topological polar surface area (TPSA) is 79.8 Å². The van der Waals surface area contributed by atoms with Gasteiger partial charge in [0, 0.05) is 48.7 Å². The van der Waals surface area contributed by atoms with E-state index in [1.165, 1.54) is 0 Å². The second-order valence-electron chi connectivity index (χ2n) is 8.60. The number of likely N-dealkylation sites (tertiary alicyclic amines) is 1. The number of hydrogen-bond donors (Lipinski definition) is 1. The Bertz CT molecular complexity index is 1170. The zero-order valence-electron chi connectivity index (χ0n) is 18.0. The van der Waals surface area contributed by atoms with Gasteiger partial charge < -0.3 is 15.5 Å². The Morgan fingerprint density at radius 1 is 1.16 bits per heavy atom. The first-order chi connectivity index (χ1) is 15.0. The molecule has 7 nitrogen and oxygen atoms in total. The third kappa shape index (κ3) is 3.59. The van der Waals surface area contributed by atoms with Gasteiger partial charge in [0.2, 0.25) is 0 Å². The van der Waals surface area contributed by atoms with Crippen molar-refractivity contribution in [3.05, 3.63) is 71.2 Å². The second-order valence-corrected chi connectivity index (χ2v) is 8.60. The minimum absolute atomic E-state index is 0.0288. The van der Waals surface area contributed by atoms with Gasteiger partial charge in [0.1, 0.15) is 5.82 Å². The van der Waals surface area contributed by atoms with E-state index in [4.69, 9.17) is 15.8 Å². The zero-order chi connectivity index (χ0) is 21.5. The van der Waals surface area contributed by atoms with Gasteiger partial charge in [-0.3, -0.25) is 4.79 Å². The highest BCUT2D eigenvalue weighted by Crippen LogP contribution is 2.33. The van der Waals surface area contributed by atoms with E-state index < -0.39 is 0 Å². The SMILES string of the molecule is Cc1ccccc1C(=O)N1CCCC[C@H]1c1cc2nc(N3C=C[C@H](N)C3)c(C)cn2n1. The molecule has 0 spiro atoms. The van der Waals surface area contributed by atoms with E-state index in [1.807, 2.05) is 72.1 Å². The van der Waals surface area contributed by atoms with E-state index in [0.717, 1.165) is 66.2 Å². The Labute approximate surface area is 182 Å². The molecule has 160 valence electrons. The van der Waals surface area contributed by atoms with Crippen LogP contribution < -0.4 is 10.6 Å². The number of nitrogens with zero attached hydrogens (tertiary/aromatic N) is 5. The highest BCUT2D eigenvalue weighted by Gasteiger charge is 2.31. The molecule has 0 aliphatic carbocycles. The van der Waals surface area contributed by atoms with Crippen molar-refractivity contribution < 1.29 is 4.79 Å². The standard InChI is InChI=1S/C24H28N6O/c1-16-7-3-4-8-19(16)24(31)29-11-6-5-9-21(29)20-13-22-26-23(17(2)14-30(22)27-20)28-12-10-18(25)15-28/h3-4,7-8,10,12-14,18,21H,5-6,9,11,15,25H2,1-2H3/t18-,21-/m0/s1. The van der Waals surface area contributed by atoms with E-state index in [1.54, 1.807) is 0 Å². The number of rotatable bonds is 3. The van der Waals surface area contributed by atoms with E-state index >= 15 is 0 Å². The molecule has 31 heavy (non-hydrogen) atoms. The largest absolute Gasteiger partial charge is 0.331 e. The van der Waals surface area contributed by atoms with Crippen LogP contribution in [0.15, 0.2) is 48.8 Å². The summed E-state index contributed by atoms with van der Waals surface area (Å²) in [6, 6.07) is 9.82. The average molecular weight is 417 g/mol. The molecule has 2 aliphatic rings. The Morgan fingerprint density at radius 3 is 2.77 bits per heavy atom. The maximum absolute atomic E-state index is 13.4. The van der Waals surface area contributed by atoms with Crippen LogP contribution in [0.5, 0.6) is 0 Å². The van der Waals surface area contributed by atoms with Gasteiger partial charge >= 0.3 is 0 Å². The fourth-order valence-corrected chi connectivity index (χ4v) is 4.64. The summed E-state index contributed by atoms with van der Waals surface area (Å²) in [6.07, 6.45) is 9.02. The Morgan fingerprint density at radius 2 is 2.00 bits per heavy atom. The summed E-state index contributed by atoms with van der Waals surface area (Å²) in [5.74, 6) is 0.987. The summed E-state index contributed by atoms with van der Waals surface area (Å²) in [7, 11) is 0. The zero-order valence-corrected chi connectivity index (χ0v) is 18.0. The van der Waals surface area contributed by atoms with Gasteiger partial charge in [0.25, 0.3) is 5.91 Å². The van der Waals surface area contributed by atoms with Crippen molar-refractivity contribution in [3.63, 3.8) is 0 Å². The monoisotopic (exact) mass is 416 g/mol. The second kappa shape index (κ2) is 7.81. The lowest BCUT2D eigenvalue weighted by atomic mass is 9.97. The van der Waals surface area contributed by atoms with E-state index in [0.29, 0.717) is 0 Å². The Balaban J connectivity index is 1.49. The molecule has 1 amide bonds. The van der Waals surface area contributed by atoms with Gasteiger partial charge in [-0.15, -0.1) is 0 Å². The number of benzene rings is 1. The van der Waals surface area contributed by atoms with Gasteiger partial charge in [0.05, 0.1) is 11.7 Å². The lowest BCUT2D eigenvalue weighted by Gasteiger charge is -2.35. The summed E-state index contributed by atoms with van der Waals surface area (Å²) in [5.41, 5.74) is 10.5. The Kier molecular flexibility index (Phi) is 4.98. The van der Waals surface area contributed by atoms with Crippen molar-refractivity contribution in [2.45, 2.75) is 45.2 Å². The molecule has 2 aliphatic heterocycles. The lowest BCUT2D eigenvalue weighted by molar-refractivity contribution is 0.0605. The molecule has 2 N–H and O–H groups in total. The van der Waals surface area contributed by atoms with Crippen LogP contribution in [0.2, 0.25) is 0 Å². The molecule has 0 bridgehead atoms. The van der Waals surface area contributed by atoms with Crippen molar-refractivity contribution in [2.24, 2.45) is 5.73 Å². The minimum Gasteiger partial charge on any atom is -0.331 e. The molecule has 2 atom stereocenters. The molecule has 4 heterocycles. The third-order valence-electron chi connectivity index (χ3n) is 6.30. The number of aryl methyl sites for hydroxylation is 2. The maximum Gasteiger partial charge on any atom is 0.254 e. The normalized spacial score (nSPS) is 21.3. The molecule has 0 radical (unpaired) electrons. The summed E-state index contributed by atoms with van der Waals surface area (Å²) in [5, 5.41) is 4.83. The van der Waals surface area contributed by atoms with E-state index in [9.17, 15) is 4.79 Å². The molecule has 7 heteroatoms. The molecule has 0 saturated carbocycles. The van der Waals surface area contributed by atoms with E-state index in [-0.39, 0.29) is 18.0 Å². The molecule has 1 fully saturated rings. The average Bonchev–Trinajstić information content (AvgIpc) is 3.38. The number of aromatic nitrogens is 3. The van der Waals surface area contributed by atoms with Crippen LogP contribution in [-0.4, -0.2) is 44.5 Å². The summed E-state index contributed by atoms with van der Waals surface area (Å²) in [4.78, 5) is 22.3. The van der Waals surface area contributed by atoms with Gasteiger partial charge in [-0.1, -0.05) is 18.2 Å². The van der Waals surface area contributed by atoms with Crippen molar-refractivity contribution in [1.29, 1.82) is 0 Å². The predicted molar refractivity (Wildman–Crippen MR) is 121 cm³/mol. The number of amides is 1. The maximum atomic E-state index is 13.4. The summed E-state index contributed by atoms with van der Waals surface area (Å²) in [6.45, 7) is 5.51. The first-order valence-corrected chi connectivity index (χ1v) is 11.0. The molecule has 1 saturated heterocycles. The van der Waals surface area contributed by atoms with Gasteiger partial charge in [-0.05, 0) is 50.8 Å². The minimum atomic E-state index is -0.0357. The first kappa shape index (κ1) is 19.8. The quantitative estimate of drug-likeness (QED) is 0.708. The third-order valence-corrected chi connectivity index (χ3v) is 6.30. The number of carbonyl (C=O) groups is 1. The van der Waals surface area contributed by atoms with Crippen LogP contribution in [0.1, 0.15) is 52.5 Å². The predicted octanol–water partition coefficient (Wildman–Crippen LogP) is 3.37. The molecule has 0 unspecified atom stereocenters. The molecule has 3 aromatic rings. The number of anilines is 1. The molecule has 2 aromatic heterocycles. The van der Waals surface area contributed by atoms with Crippen molar-refractivity contribution in [2.75, 3.05) is 18.0 Å². The summed E-state index contributed by atoms with van der Waals surface area (Å²) >= 11 is 0. The van der Waals surface area contributed by atoms with Crippen LogP contribution in [0.25, 0.3) is 5.65 Å². The van der Waals surface area contributed by atoms with Crippen molar-refractivity contribution in [1.82, 2.24) is 19.5 Å². The van der Waals surface area contributed by atoms with Gasteiger partial charge in [0.15, 0.2) is 5.65 Å². The molecular formula is C24H28N6O.